The van der Waals surface area contributed by atoms with Crippen molar-refractivity contribution >= 4 is 11.8 Å². The number of anilines is 1. The van der Waals surface area contributed by atoms with E-state index in [1.165, 1.54) is 0 Å². The maximum Gasteiger partial charge on any atom is 0.317 e. The number of para-hydroxylation sites is 1. The molecule has 2 aromatic heterocycles. The van der Waals surface area contributed by atoms with Gasteiger partial charge in [-0.05, 0) is 24.3 Å². The van der Waals surface area contributed by atoms with Gasteiger partial charge in [-0.2, -0.15) is 5.10 Å². The van der Waals surface area contributed by atoms with Crippen LogP contribution in [0.15, 0.2) is 67.1 Å². The Labute approximate surface area is 158 Å². The summed E-state index contributed by atoms with van der Waals surface area (Å²) in [5.74, 6) is 0.964. The highest BCUT2D eigenvalue weighted by atomic mass is 16.2. The highest BCUT2D eigenvalue weighted by molar-refractivity contribution is 5.74. The highest BCUT2D eigenvalue weighted by Crippen LogP contribution is 2.13. The minimum atomic E-state index is -0.0388. The molecule has 1 N–H and O–H groups in total. The Morgan fingerprint density at radius 1 is 1.00 bits per heavy atom. The molecule has 0 atom stereocenters. The first-order valence-corrected chi connectivity index (χ1v) is 9.07. The molecule has 0 bridgehead atoms. The van der Waals surface area contributed by atoms with Crippen molar-refractivity contribution in [3.05, 3.63) is 72.7 Å². The van der Waals surface area contributed by atoms with E-state index in [9.17, 15) is 4.79 Å². The van der Waals surface area contributed by atoms with Crippen LogP contribution >= 0.6 is 0 Å². The second kappa shape index (κ2) is 7.90. The Morgan fingerprint density at radius 2 is 1.78 bits per heavy atom. The van der Waals surface area contributed by atoms with Crippen LogP contribution in [0.25, 0.3) is 5.69 Å². The van der Waals surface area contributed by atoms with Gasteiger partial charge in [0, 0.05) is 50.7 Å². The number of hydrogen-bond acceptors (Lipinski definition) is 4. The summed E-state index contributed by atoms with van der Waals surface area (Å²) in [6.45, 7) is 3.41. The van der Waals surface area contributed by atoms with Gasteiger partial charge in [-0.25, -0.2) is 14.5 Å². The third-order valence-electron chi connectivity index (χ3n) is 4.64. The molecule has 27 heavy (non-hydrogen) atoms. The number of hydrogen-bond donors (Lipinski definition) is 1. The average Bonchev–Trinajstić information content (AvgIpc) is 3.22. The van der Waals surface area contributed by atoms with Crippen molar-refractivity contribution in [3.8, 4) is 5.69 Å². The van der Waals surface area contributed by atoms with E-state index in [2.05, 4.69) is 20.3 Å². The van der Waals surface area contributed by atoms with E-state index < -0.39 is 0 Å². The van der Waals surface area contributed by atoms with Crippen LogP contribution in [0.1, 0.15) is 5.56 Å². The summed E-state index contributed by atoms with van der Waals surface area (Å²) in [6, 6.07) is 15.8. The number of carbonyl (C=O) groups excluding carboxylic acids is 1. The molecule has 3 heterocycles. The number of nitrogens with one attached hydrogen (secondary N) is 1. The van der Waals surface area contributed by atoms with Crippen molar-refractivity contribution in [1.82, 2.24) is 25.0 Å². The maximum atomic E-state index is 12.4. The minimum Gasteiger partial charge on any atom is -0.353 e. The van der Waals surface area contributed by atoms with Crippen LogP contribution in [0.4, 0.5) is 10.6 Å². The molecule has 138 valence electrons. The Hall–Kier alpha value is -3.35. The largest absolute Gasteiger partial charge is 0.353 e. The molecule has 4 rings (SSSR count). The van der Waals surface area contributed by atoms with Crippen LogP contribution in [0.5, 0.6) is 0 Å². The van der Waals surface area contributed by atoms with Crippen LogP contribution in [0.2, 0.25) is 0 Å². The number of pyridine rings is 1. The van der Waals surface area contributed by atoms with Crippen molar-refractivity contribution in [2.75, 3.05) is 31.1 Å². The standard InChI is InChI=1S/C20H22N6O/c27-20(25-12-10-24(11-13-25)19-8-4-5-9-21-19)22-14-17-15-23-26(16-17)18-6-2-1-3-7-18/h1-9,15-16H,10-14H2,(H,22,27). The first-order chi connectivity index (χ1) is 13.3. The zero-order chi connectivity index (χ0) is 18.5. The molecule has 0 aliphatic carbocycles. The van der Waals surface area contributed by atoms with Crippen LogP contribution in [0.3, 0.4) is 0 Å². The Bertz CT molecular complexity index is 872. The van der Waals surface area contributed by atoms with Gasteiger partial charge in [0.15, 0.2) is 0 Å². The smallest absolute Gasteiger partial charge is 0.317 e. The van der Waals surface area contributed by atoms with Crippen molar-refractivity contribution < 1.29 is 4.79 Å². The summed E-state index contributed by atoms with van der Waals surface area (Å²) >= 11 is 0. The van der Waals surface area contributed by atoms with E-state index in [4.69, 9.17) is 0 Å². The van der Waals surface area contributed by atoms with Gasteiger partial charge in [0.2, 0.25) is 0 Å². The second-order valence-electron chi connectivity index (χ2n) is 6.45. The van der Waals surface area contributed by atoms with E-state index in [1.54, 1.807) is 12.4 Å². The molecule has 1 aliphatic heterocycles. The zero-order valence-corrected chi connectivity index (χ0v) is 15.0. The number of carbonyl (C=O) groups is 1. The molecule has 0 unspecified atom stereocenters. The van der Waals surface area contributed by atoms with Gasteiger partial charge in [-0.15, -0.1) is 0 Å². The van der Waals surface area contributed by atoms with Crippen LogP contribution in [-0.2, 0) is 6.54 Å². The molecule has 3 aromatic rings. The fourth-order valence-electron chi connectivity index (χ4n) is 3.14. The Morgan fingerprint density at radius 3 is 2.52 bits per heavy atom. The summed E-state index contributed by atoms with van der Waals surface area (Å²) in [4.78, 5) is 20.9. The van der Waals surface area contributed by atoms with E-state index in [0.717, 1.165) is 30.2 Å². The molecular weight excluding hydrogens is 340 g/mol. The first-order valence-electron chi connectivity index (χ1n) is 9.07. The predicted octanol–water partition coefficient (Wildman–Crippen LogP) is 2.30. The number of benzene rings is 1. The van der Waals surface area contributed by atoms with E-state index >= 15 is 0 Å². The third kappa shape index (κ3) is 4.08. The maximum absolute atomic E-state index is 12.4. The molecule has 0 saturated carbocycles. The summed E-state index contributed by atoms with van der Waals surface area (Å²) < 4.78 is 1.81. The minimum absolute atomic E-state index is 0.0388. The topological polar surface area (TPSA) is 66.3 Å². The zero-order valence-electron chi connectivity index (χ0n) is 15.0. The second-order valence-corrected chi connectivity index (χ2v) is 6.45. The van der Waals surface area contributed by atoms with Gasteiger partial charge >= 0.3 is 6.03 Å². The molecule has 0 radical (unpaired) electrons. The Balaban J connectivity index is 1.27. The Kier molecular flexibility index (Phi) is 5.00. The molecule has 1 fully saturated rings. The van der Waals surface area contributed by atoms with Crippen LogP contribution < -0.4 is 10.2 Å². The molecule has 1 aliphatic rings. The molecule has 7 heteroatoms. The van der Waals surface area contributed by atoms with E-state index in [-0.39, 0.29) is 6.03 Å². The van der Waals surface area contributed by atoms with Crippen molar-refractivity contribution in [2.24, 2.45) is 0 Å². The SMILES string of the molecule is O=C(NCc1cnn(-c2ccccc2)c1)N1CCN(c2ccccn2)CC1. The number of rotatable bonds is 4. The van der Waals surface area contributed by atoms with Gasteiger partial charge in [0.1, 0.15) is 5.82 Å². The van der Waals surface area contributed by atoms with Crippen molar-refractivity contribution in [1.29, 1.82) is 0 Å². The lowest BCUT2D eigenvalue weighted by atomic mass is 10.3. The molecular formula is C20H22N6O. The van der Waals surface area contributed by atoms with Crippen molar-refractivity contribution in [2.45, 2.75) is 6.54 Å². The number of piperazine rings is 1. The molecule has 1 aromatic carbocycles. The summed E-state index contributed by atoms with van der Waals surface area (Å²) in [7, 11) is 0. The fourth-order valence-corrected chi connectivity index (χ4v) is 3.14. The lowest BCUT2D eigenvalue weighted by molar-refractivity contribution is 0.194. The lowest BCUT2D eigenvalue weighted by Crippen LogP contribution is -2.51. The average molecular weight is 362 g/mol. The molecule has 7 nitrogen and oxygen atoms in total. The van der Waals surface area contributed by atoms with Gasteiger partial charge in [0.25, 0.3) is 0 Å². The van der Waals surface area contributed by atoms with Gasteiger partial charge in [0.05, 0.1) is 11.9 Å². The fraction of sp³-hybridized carbons (Fsp3) is 0.250. The monoisotopic (exact) mass is 362 g/mol. The summed E-state index contributed by atoms with van der Waals surface area (Å²) in [5, 5.41) is 7.35. The highest BCUT2D eigenvalue weighted by Gasteiger charge is 2.21. The third-order valence-corrected chi connectivity index (χ3v) is 4.64. The van der Waals surface area contributed by atoms with Crippen molar-refractivity contribution in [3.63, 3.8) is 0 Å². The van der Waals surface area contributed by atoms with Gasteiger partial charge in [-0.3, -0.25) is 0 Å². The molecule has 1 saturated heterocycles. The predicted molar refractivity (Wildman–Crippen MR) is 104 cm³/mol. The quantitative estimate of drug-likeness (QED) is 0.773. The molecule has 0 spiro atoms. The van der Waals surface area contributed by atoms with Gasteiger partial charge in [-0.1, -0.05) is 24.3 Å². The summed E-state index contributed by atoms with van der Waals surface area (Å²) in [6.07, 6.45) is 5.52. The van der Waals surface area contributed by atoms with Gasteiger partial charge < -0.3 is 15.1 Å². The lowest BCUT2D eigenvalue weighted by Gasteiger charge is -2.35. The first kappa shape index (κ1) is 17.1. The van der Waals surface area contributed by atoms with E-state index in [1.807, 2.05) is 64.3 Å². The van der Waals surface area contributed by atoms with Crippen LogP contribution in [0, 0.1) is 0 Å². The number of aromatic nitrogens is 3. The number of amides is 2. The normalized spacial score (nSPS) is 14.2. The number of urea groups is 1. The number of nitrogens with zero attached hydrogens (tertiary/aromatic N) is 5. The van der Waals surface area contributed by atoms with E-state index in [0.29, 0.717) is 19.6 Å². The molecule has 2 amide bonds. The summed E-state index contributed by atoms with van der Waals surface area (Å²) in [5.41, 5.74) is 1.97. The van der Waals surface area contributed by atoms with Crippen LogP contribution in [-0.4, -0.2) is 51.9 Å².